The number of hydrogen-bond acceptors (Lipinski definition) is 6. The smallest absolute Gasteiger partial charge is 0.253 e. The van der Waals surface area contributed by atoms with E-state index in [1.54, 1.807) is 28.4 Å². The molecule has 34 heavy (non-hydrogen) atoms. The van der Waals surface area contributed by atoms with Gasteiger partial charge in [0.05, 0.1) is 14.6 Å². The van der Waals surface area contributed by atoms with Gasteiger partial charge in [-0.15, -0.1) is 0 Å². The van der Waals surface area contributed by atoms with Crippen molar-refractivity contribution in [1.82, 2.24) is 14.2 Å². The number of para-hydroxylation sites is 1. The van der Waals surface area contributed by atoms with Crippen molar-refractivity contribution in [3.8, 4) is 0 Å². The largest absolute Gasteiger partial charge is 0.345 e. The SMILES string of the molecule is CCCCN(CC)S(=O)(=O)c1ccc(C(=O)N2CCN(c3nc4c(Cl)cccc4s3)CC2)cc1. The molecule has 0 bridgehead atoms. The van der Waals surface area contributed by atoms with E-state index in [1.165, 1.54) is 16.4 Å². The number of rotatable bonds is 8. The van der Waals surface area contributed by atoms with Crippen LogP contribution in [-0.4, -0.2) is 67.8 Å². The van der Waals surface area contributed by atoms with Gasteiger partial charge in [0.15, 0.2) is 5.13 Å². The minimum Gasteiger partial charge on any atom is -0.345 e. The third-order valence-corrected chi connectivity index (χ3v) is 9.42. The molecule has 3 aromatic rings. The van der Waals surface area contributed by atoms with Gasteiger partial charge in [-0.1, -0.05) is 49.3 Å². The second-order valence-electron chi connectivity index (χ2n) is 8.24. The molecule has 1 aliphatic rings. The van der Waals surface area contributed by atoms with Crippen LogP contribution < -0.4 is 4.90 Å². The first-order valence-corrected chi connectivity index (χ1v) is 14.2. The molecule has 0 aliphatic carbocycles. The van der Waals surface area contributed by atoms with E-state index in [0.717, 1.165) is 28.2 Å². The Morgan fingerprint density at radius 2 is 1.79 bits per heavy atom. The summed E-state index contributed by atoms with van der Waals surface area (Å²) in [6, 6.07) is 12.1. The molecule has 0 atom stereocenters. The summed E-state index contributed by atoms with van der Waals surface area (Å²) >= 11 is 7.86. The molecule has 2 aromatic carbocycles. The summed E-state index contributed by atoms with van der Waals surface area (Å²) in [6.07, 6.45) is 1.75. The molecule has 0 unspecified atom stereocenters. The van der Waals surface area contributed by atoms with E-state index in [-0.39, 0.29) is 10.8 Å². The molecule has 10 heteroatoms. The molecule has 0 radical (unpaired) electrons. The number of piperazine rings is 1. The average molecular weight is 521 g/mol. The number of sulfonamides is 1. The zero-order valence-electron chi connectivity index (χ0n) is 19.4. The Morgan fingerprint density at radius 3 is 2.41 bits per heavy atom. The maximum Gasteiger partial charge on any atom is 0.253 e. The highest BCUT2D eigenvalue weighted by Gasteiger charge is 2.26. The Labute approximate surface area is 210 Å². The number of nitrogens with zero attached hydrogens (tertiary/aromatic N) is 4. The summed E-state index contributed by atoms with van der Waals surface area (Å²) in [5.41, 5.74) is 1.31. The minimum absolute atomic E-state index is 0.0886. The summed E-state index contributed by atoms with van der Waals surface area (Å²) in [6.45, 7) is 7.31. The number of anilines is 1. The summed E-state index contributed by atoms with van der Waals surface area (Å²) in [5, 5.41) is 1.56. The molecule has 2 heterocycles. The van der Waals surface area contributed by atoms with Crippen LogP contribution in [-0.2, 0) is 10.0 Å². The topological polar surface area (TPSA) is 73.8 Å². The van der Waals surface area contributed by atoms with Gasteiger partial charge in [-0.3, -0.25) is 4.79 Å². The van der Waals surface area contributed by atoms with Crippen LogP contribution >= 0.6 is 22.9 Å². The lowest BCUT2D eigenvalue weighted by Gasteiger charge is -2.34. The van der Waals surface area contributed by atoms with Gasteiger partial charge in [0, 0.05) is 44.8 Å². The van der Waals surface area contributed by atoms with Gasteiger partial charge >= 0.3 is 0 Å². The van der Waals surface area contributed by atoms with E-state index >= 15 is 0 Å². The Bertz CT molecular complexity index is 1250. The van der Waals surface area contributed by atoms with Crippen LogP contribution in [0.2, 0.25) is 5.02 Å². The van der Waals surface area contributed by atoms with Crippen LogP contribution in [0.3, 0.4) is 0 Å². The third-order valence-electron chi connectivity index (χ3n) is 6.05. The number of hydrogen-bond donors (Lipinski definition) is 0. The molecular weight excluding hydrogens is 492 g/mol. The maximum atomic E-state index is 13.0. The van der Waals surface area contributed by atoms with Crippen molar-refractivity contribution in [2.45, 2.75) is 31.6 Å². The number of halogens is 1. The molecular formula is C24H29ClN4O3S2. The van der Waals surface area contributed by atoms with Gasteiger partial charge in [-0.25, -0.2) is 13.4 Å². The summed E-state index contributed by atoms with van der Waals surface area (Å²) in [7, 11) is -3.56. The summed E-state index contributed by atoms with van der Waals surface area (Å²) in [4.78, 5) is 21.9. The number of fused-ring (bicyclic) bond motifs is 1. The molecule has 1 amide bonds. The van der Waals surface area contributed by atoms with Gasteiger partial charge in [0.2, 0.25) is 10.0 Å². The molecule has 0 spiro atoms. The Balaban J connectivity index is 1.40. The Kier molecular flexibility index (Phi) is 7.77. The van der Waals surface area contributed by atoms with E-state index in [1.807, 2.05) is 32.0 Å². The van der Waals surface area contributed by atoms with E-state index in [4.69, 9.17) is 11.6 Å². The summed E-state index contributed by atoms with van der Waals surface area (Å²) < 4.78 is 28.4. The molecule has 1 aliphatic heterocycles. The molecule has 0 saturated carbocycles. The van der Waals surface area contributed by atoms with Crippen LogP contribution in [0.5, 0.6) is 0 Å². The normalized spacial score (nSPS) is 14.8. The number of amides is 1. The highest BCUT2D eigenvalue weighted by molar-refractivity contribution is 7.89. The van der Waals surface area contributed by atoms with Crippen LogP contribution in [0.1, 0.15) is 37.0 Å². The van der Waals surface area contributed by atoms with Gasteiger partial charge < -0.3 is 9.80 Å². The van der Waals surface area contributed by atoms with Crippen molar-refractivity contribution in [3.63, 3.8) is 0 Å². The predicted octanol–water partition coefficient (Wildman–Crippen LogP) is 4.72. The van der Waals surface area contributed by atoms with Crippen LogP contribution in [0, 0.1) is 0 Å². The second-order valence-corrected chi connectivity index (χ2v) is 11.6. The highest BCUT2D eigenvalue weighted by atomic mass is 35.5. The fourth-order valence-electron chi connectivity index (χ4n) is 4.02. The van der Waals surface area contributed by atoms with Crippen molar-refractivity contribution in [2.75, 3.05) is 44.2 Å². The molecule has 182 valence electrons. The van der Waals surface area contributed by atoms with E-state index in [0.29, 0.717) is 49.9 Å². The standard InChI is InChI=1S/C24H29ClN4O3S2/c1-3-5-13-29(4-2)34(31,32)19-11-9-18(10-12-19)23(30)27-14-16-28(17-15-27)24-26-22-20(25)7-6-8-21(22)33-24/h6-12H,3-5,13-17H2,1-2H3. The monoisotopic (exact) mass is 520 g/mol. The molecule has 7 nitrogen and oxygen atoms in total. The van der Waals surface area contributed by atoms with Crippen molar-refractivity contribution in [1.29, 1.82) is 0 Å². The third kappa shape index (κ3) is 5.07. The lowest BCUT2D eigenvalue weighted by Crippen LogP contribution is -2.48. The minimum atomic E-state index is -3.56. The molecule has 0 N–H and O–H groups in total. The van der Waals surface area contributed by atoms with Crippen molar-refractivity contribution in [2.24, 2.45) is 0 Å². The van der Waals surface area contributed by atoms with Crippen molar-refractivity contribution >= 4 is 54.2 Å². The number of thiazole rings is 1. The molecule has 1 saturated heterocycles. The summed E-state index contributed by atoms with van der Waals surface area (Å²) in [5.74, 6) is -0.0886. The van der Waals surface area contributed by atoms with Crippen LogP contribution in [0.15, 0.2) is 47.4 Å². The van der Waals surface area contributed by atoms with E-state index in [9.17, 15) is 13.2 Å². The zero-order valence-corrected chi connectivity index (χ0v) is 21.8. The van der Waals surface area contributed by atoms with Gasteiger partial charge in [-0.2, -0.15) is 4.31 Å². The molecule has 4 rings (SSSR count). The van der Waals surface area contributed by atoms with Crippen LogP contribution in [0.4, 0.5) is 5.13 Å². The predicted molar refractivity (Wildman–Crippen MR) is 139 cm³/mol. The molecule has 1 fully saturated rings. The van der Waals surface area contributed by atoms with Crippen LogP contribution in [0.25, 0.3) is 10.2 Å². The fourth-order valence-corrected chi connectivity index (χ4v) is 6.83. The zero-order chi connectivity index (χ0) is 24.3. The van der Waals surface area contributed by atoms with E-state index < -0.39 is 10.0 Å². The first-order valence-electron chi connectivity index (χ1n) is 11.5. The van der Waals surface area contributed by atoms with E-state index in [2.05, 4.69) is 9.88 Å². The Hall–Kier alpha value is -2.20. The van der Waals surface area contributed by atoms with Crippen molar-refractivity contribution < 1.29 is 13.2 Å². The highest BCUT2D eigenvalue weighted by Crippen LogP contribution is 2.33. The number of carbonyl (C=O) groups excluding carboxylic acids is 1. The lowest BCUT2D eigenvalue weighted by molar-refractivity contribution is 0.0746. The first kappa shape index (κ1) is 24.9. The first-order chi connectivity index (χ1) is 16.3. The van der Waals surface area contributed by atoms with Gasteiger partial charge in [-0.05, 0) is 42.8 Å². The number of carbonyl (C=O) groups is 1. The number of aromatic nitrogens is 1. The van der Waals surface area contributed by atoms with Gasteiger partial charge in [0.25, 0.3) is 5.91 Å². The Morgan fingerprint density at radius 1 is 1.09 bits per heavy atom. The van der Waals surface area contributed by atoms with Gasteiger partial charge in [0.1, 0.15) is 5.52 Å². The fraction of sp³-hybridized carbons (Fsp3) is 0.417. The molecule has 1 aromatic heterocycles. The average Bonchev–Trinajstić information content (AvgIpc) is 3.30. The van der Waals surface area contributed by atoms with Crippen molar-refractivity contribution in [3.05, 3.63) is 53.1 Å². The second kappa shape index (κ2) is 10.6. The lowest BCUT2D eigenvalue weighted by atomic mass is 10.2. The number of benzene rings is 2. The quantitative estimate of drug-likeness (QED) is 0.429. The number of unbranched alkanes of at least 4 members (excludes halogenated alkanes) is 1. The maximum absolute atomic E-state index is 13.0.